The zero-order valence-corrected chi connectivity index (χ0v) is 18.2. The number of nitrogens with zero attached hydrogens (tertiary/aromatic N) is 3. The van der Waals surface area contributed by atoms with Gasteiger partial charge in [-0.25, -0.2) is 13.6 Å². The van der Waals surface area contributed by atoms with Crippen molar-refractivity contribution >= 4 is 52.6 Å². The molecule has 1 aromatic heterocycles. The van der Waals surface area contributed by atoms with Crippen molar-refractivity contribution in [2.24, 2.45) is 0 Å². The Hall–Kier alpha value is -2.51. The first-order chi connectivity index (χ1) is 14.8. The summed E-state index contributed by atoms with van der Waals surface area (Å²) in [7, 11) is 0. The SMILES string of the molecule is Cc1nnc(SCC2=C(C(=O)O)N3C(=O)C(NC(=O)c4cccc(F)c4F)C3SC2)s1. The van der Waals surface area contributed by atoms with Crippen molar-refractivity contribution in [1.82, 2.24) is 20.4 Å². The fourth-order valence-electron chi connectivity index (χ4n) is 3.18. The predicted octanol–water partition coefficient (Wildman–Crippen LogP) is 2.27. The molecule has 2 amide bonds. The van der Waals surface area contributed by atoms with E-state index in [0.717, 1.165) is 22.0 Å². The van der Waals surface area contributed by atoms with Gasteiger partial charge in [-0.05, 0) is 24.6 Å². The van der Waals surface area contributed by atoms with Crippen molar-refractivity contribution in [2.75, 3.05) is 11.5 Å². The van der Waals surface area contributed by atoms with E-state index in [1.54, 1.807) is 0 Å². The highest BCUT2D eigenvalue weighted by Crippen LogP contribution is 2.41. The first-order valence-corrected chi connectivity index (χ1v) is 11.7. The number of carboxylic acid groups (broad SMARTS) is 1. The summed E-state index contributed by atoms with van der Waals surface area (Å²) in [5, 5.41) is 20.1. The molecule has 0 aliphatic carbocycles. The molecule has 0 saturated carbocycles. The monoisotopic (exact) mass is 484 g/mol. The summed E-state index contributed by atoms with van der Waals surface area (Å²) in [5.74, 6) is -4.63. The number of hydrogen-bond acceptors (Lipinski definition) is 8. The minimum Gasteiger partial charge on any atom is -0.477 e. The second kappa shape index (κ2) is 8.55. The topological polar surface area (TPSA) is 112 Å². The molecule has 8 nitrogen and oxygen atoms in total. The molecule has 1 saturated heterocycles. The largest absolute Gasteiger partial charge is 0.477 e. The number of amides is 2. The maximum absolute atomic E-state index is 13.9. The van der Waals surface area contributed by atoms with Gasteiger partial charge in [-0.2, -0.15) is 0 Å². The quantitative estimate of drug-likeness (QED) is 0.474. The van der Waals surface area contributed by atoms with Gasteiger partial charge in [-0.3, -0.25) is 14.5 Å². The van der Waals surface area contributed by atoms with Crippen molar-refractivity contribution < 1.29 is 28.3 Å². The number of rotatable bonds is 6. The highest BCUT2D eigenvalue weighted by molar-refractivity contribution is 8.01. The van der Waals surface area contributed by atoms with Gasteiger partial charge in [0.15, 0.2) is 16.0 Å². The van der Waals surface area contributed by atoms with E-state index in [1.165, 1.54) is 40.9 Å². The molecule has 162 valence electrons. The maximum Gasteiger partial charge on any atom is 0.352 e. The molecule has 1 aromatic carbocycles. The van der Waals surface area contributed by atoms with E-state index >= 15 is 0 Å². The molecule has 4 rings (SSSR count). The van der Waals surface area contributed by atoms with E-state index in [0.29, 0.717) is 21.4 Å². The van der Waals surface area contributed by atoms with Crippen LogP contribution in [0.2, 0.25) is 0 Å². The normalized spacial score (nSPS) is 20.4. The first-order valence-electron chi connectivity index (χ1n) is 8.85. The third-order valence-electron chi connectivity index (χ3n) is 4.61. The number of aliphatic carboxylic acids is 1. The lowest BCUT2D eigenvalue weighted by Crippen LogP contribution is -2.70. The van der Waals surface area contributed by atoms with Gasteiger partial charge in [-0.1, -0.05) is 29.2 Å². The molecular formula is C18H14F2N4O4S3. The molecular weight excluding hydrogens is 470 g/mol. The molecule has 0 spiro atoms. The Bertz CT molecular complexity index is 1120. The highest BCUT2D eigenvalue weighted by Gasteiger charge is 2.54. The van der Waals surface area contributed by atoms with Crippen LogP contribution in [0, 0.1) is 18.6 Å². The zero-order valence-electron chi connectivity index (χ0n) is 15.8. The summed E-state index contributed by atoms with van der Waals surface area (Å²) < 4.78 is 27.9. The van der Waals surface area contributed by atoms with Crippen molar-refractivity contribution in [3.05, 3.63) is 51.7 Å². The van der Waals surface area contributed by atoms with Crippen molar-refractivity contribution in [3.63, 3.8) is 0 Å². The minimum absolute atomic E-state index is 0.120. The summed E-state index contributed by atoms with van der Waals surface area (Å²) in [6, 6.07) is 2.14. The van der Waals surface area contributed by atoms with Crippen LogP contribution in [0.5, 0.6) is 0 Å². The third-order valence-corrected chi connectivity index (χ3v) is 8.01. The summed E-state index contributed by atoms with van der Waals surface area (Å²) in [6.45, 7) is 1.81. The van der Waals surface area contributed by atoms with Crippen LogP contribution < -0.4 is 5.32 Å². The average molecular weight is 485 g/mol. The van der Waals surface area contributed by atoms with Crippen LogP contribution in [0.25, 0.3) is 0 Å². The Kier molecular flexibility index (Phi) is 5.99. The summed E-state index contributed by atoms with van der Waals surface area (Å²) in [6.07, 6.45) is 0. The molecule has 2 N–H and O–H groups in total. The second-order valence-corrected chi connectivity index (χ2v) is 10.1. The third kappa shape index (κ3) is 4.04. The van der Waals surface area contributed by atoms with Crippen LogP contribution in [0.4, 0.5) is 8.78 Å². The van der Waals surface area contributed by atoms with E-state index in [2.05, 4.69) is 15.5 Å². The lowest BCUT2D eigenvalue weighted by molar-refractivity contribution is -0.148. The van der Waals surface area contributed by atoms with Gasteiger partial charge in [0.25, 0.3) is 11.8 Å². The van der Waals surface area contributed by atoms with Crippen molar-refractivity contribution in [3.8, 4) is 0 Å². The lowest BCUT2D eigenvalue weighted by Gasteiger charge is -2.49. The molecule has 2 unspecified atom stereocenters. The number of nitrogens with one attached hydrogen (secondary N) is 1. The van der Waals surface area contributed by atoms with E-state index in [4.69, 9.17) is 0 Å². The zero-order chi connectivity index (χ0) is 22.3. The number of benzene rings is 1. The van der Waals surface area contributed by atoms with Gasteiger partial charge in [0, 0.05) is 11.5 Å². The first kappa shape index (κ1) is 21.7. The Morgan fingerprint density at radius 2 is 2.13 bits per heavy atom. The predicted molar refractivity (Wildman–Crippen MR) is 111 cm³/mol. The highest BCUT2D eigenvalue weighted by atomic mass is 32.2. The summed E-state index contributed by atoms with van der Waals surface area (Å²) in [4.78, 5) is 38.0. The molecule has 0 radical (unpaired) electrons. The second-order valence-electron chi connectivity index (χ2n) is 6.60. The molecule has 31 heavy (non-hydrogen) atoms. The standard InChI is InChI=1S/C18H14F2N4O4S3/c1-7-22-23-18(31-7)30-6-8-5-29-16-12(15(26)24(16)13(8)17(27)28)21-14(25)9-3-2-4-10(19)11(9)20/h2-4,12,16H,5-6H2,1H3,(H,21,25)(H,27,28). The van der Waals surface area contributed by atoms with Crippen LogP contribution in [0.1, 0.15) is 15.4 Å². The smallest absolute Gasteiger partial charge is 0.352 e. The van der Waals surface area contributed by atoms with Crippen LogP contribution >= 0.6 is 34.9 Å². The summed E-state index contributed by atoms with van der Waals surface area (Å²) in [5.41, 5.74) is -0.0867. The average Bonchev–Trinajstić information content (AvgIpc) is 3.16. The fraction of sp³-hybridized carbons (Fsp3) is 0.278. The Morgan fingerprint density at radius 1 is 1.35 bits per heavy atom. The number of aryl methyl sites for hydroxylation is 1. The number of fused-ring (bicyclic) bond motifs is 1. The van der Waals surface area contributed by atoms with Crippen molar-refractivity contribution in [1.29, 1.82) is 0 Å². The number of aromatic nitrogens is 2. The Morgan fingerprint density at radius 3 is 2.81 bits per heavy atom. The minimum atomic E-state index is -1.31. The number of carbonyl (C=O) groups is 3. The Balaban J connectivity index is 1.50. The van der Waals surface area contributed by atoms with Gasteiger partial charge < -0.3 is 10.4 Å². The number of carboxylic acids is 1. The van der Waals surface area contributed by atoms with Crippen LogP contribution in [0.3, 0.4) is 0 Å². The van der Waals surface area contributed by atoms with Crippen LogP contribution in [-0.2, 0) is 9.59 Å². The Labute approximate surface area is 187 Å². The van der Waals surface area contributed by atoms with E-state index in [-0.39, 0.29) is 5.70 Å². The molecule has 2 atom stereocenters. The van der Waals surface area contributed by atoms with Gasteiger partial charge in [-0.15, -0.1) is 22.0 Å². The molecule has 2 aromatic rings. The number of halogens is 2. The van der Waals surface area contributed by atoms with Gasteiger partial charge in [0.2, 0.25) is 0 Å². The number of thioether (sulfide) groups is 2. The molecule has 0 bridgehead atoms. The van der Waals surface area contributed by atoms with E-state index < -0.39 is 46.4 Å². The van der Waals surface area contributed by atoms with Gasteiger partial charge in [0.1, 0.15) is 22.1 Å². The number of β-lactam (4-membered cyclic amide) rings is 1. The number of hydrogen-bond donors (Lipinski definition) is 2. The molecule has 2 aliphatic heterocycles. The maximum atomic E-state index is 13.9. The van der Waals surface area contributed by atoms with Crippen LogP contribution in [0.15, 0.2) is 33.8 Å². The fourth-order valence-corrected chi connectivity index (χ4v) is 6.48. The molecule has 3 heterocycles. The molecule has 1 fully saturated rings. The van der Waals surface area contributed by atoms with E-state index in [9.17, 15) is 28.3 Å². The van der Waals surface area contributed by atoms with Crippen LogP contribution in [-0.4, -0.2) is 60.9 Å². The summed E-state index contributed by atoms with van der Waals surface area (Å²) >= 11 is 4.02. The lowest BCUT2D eigenvalue weighted by atomic mass is 10.0. The van der Waals surface area contributed by atoms with Gasteiger partial charge in [0.05, 0.1) is 5.56 Å². The van der Waals surface area contributed by atoms with Crippen molar-refractivity contribution in [2.45, 2.75) is 22.7 Å². The molecule has 13 heteroatoms. The molecule has 2 aliphatic rings. The van der Waals surface area contributed by atoms with Gasteiger partial charge >= 0.3 is 5.97 Å². The van der Waals surface area contributed by atoms with E-state index in [1.807, 2.05) is 6.92 Å². The number of carbonyl (C=O) groups excluding carboxylic acids is 2.